The SMILES string of the molecule is CC(F)(F)c1cc(-c2ccc(SN[C@@]3(C=O)C[C@@H]3c3ccccc3)s2)no1. The number of halogens is 2. The minimum atomic E-state index is -3.06. The average molecular weight is 406 g/mol. The molecule has 0 radical (unpaired) electrons. The molecule has 140 valence electrons. The lowest BCUT2D eigenvalue weighted by Crippen LogP contribution is -2.28. The summed E-state index contributed by atoms with van der Waals surface area (Å²) >= 11 is 2.77. The predicted octanol–water partition coefficient (Wildman–Crippen LogP) is 5.24. The lowest BCUT2D eigenvalue weighted by Gasteiger charge is -2.11. The van der Waals surface area contributed by atoms with Crippen molar-refractivity contribution in [1.82, 2.24) is 9.88 Å². The summed E-state index contributed by atoms with van der Waals surface area (Å²) in [4.78, 5) is 12.4. The molecule has 1 saturated carbocycles. The number of nitrogens with zero attached hydrogens (tertiary/aromatic N) is 1. The summed E-state index contributed by atoms with van der Waals surface area (Å²) < 4.78 is 35.5. The molecule has 1 aromatic carbocycles. The zero-order valence-corrected chi connectivity index (χ0v) is 15.9. The third-order valence-electron chi connectivity index (χ3n) is 4.53. The van der Waals surface area contributed by atoms with Crippen LogP contribution in [0.2, 0.25) is 0 Å². The number of thiophene rings is 1. The molecule has 1 aliphatic carbocycles. The van der Waals surface area contributed by atoms with Crippen LogP contribution in [-0.4, -0.2) is 17.0 Å². The van der Waals surface area contributed by atoms with Crippen molar-refractivity contribution in [2.24, 2.45) is 0 Å². The Bertz CT molecular complexity index is 952. The zero-order valence-electron chi connectivity index (χ0n) is 14.3. The normalized spacial score (nSPS) is 22.0. The van der Waals surface area contributed by atoms with Gasteiger partial charge in [0.1, 0.15) is 12.0 Å². The van der Waals surface area contributed by atoms with Gasteiger partial charge in [0.05, 0.1) is 14.6 Å². The Morgan fingerprint density at radius 1 is 1.33 bits per heavy atom. The number of benzene rings is 1. The molecule has 0 bridgehead atoms. The van der Waals surface area contributed by atoms with Gasteiger partial charge in [-0.15, -0.1) is 11.3 Å². The van der Waals surface area contributed by atoms with E-state index in [-0.39, 0.29) is 5.92 Å². The summed E-state index contributed by atoms with van der Waals surface area (Å²) in [6.07, 6.45) is 1.73. The fourth-order valence-corrected chi connectivity index (χ4v) is 4.85. The molecule has 1 fully saturated rings. The Morgan fingerprint density at radius 2 is 2.11 bits per heavy atom. The first kappa shape index (κ1) is 18.3. The van der Waals surface area contributed by atoms with Gasteiger partial charge in [-0.1, -0.05) is 35.5 Å². The van der Waals surface area contributed by atoms with E-state index in [4.69, 9.17) is 4.52 Å². The topological polar surface area (TPSA) is 55.1 Å². The fourth-order valence-electron chi connectivity index (χ4n) is 2.90. The van der Waals surface area contributed by atoms with E-state index in [1.807, 2.05) is 36.4 Å². The van der Waals surface area contributed by atoms with Gasteiger partial charge in [-0.05, 0) is 36.1 Å². The van der Waals surface area contributed by atoms with Gasteiger partial charge in [-0.25, -0.2) is 4.72 Å². The lowest BCUT2D eigenvalue weighted by molar-refractivity contribution is -0.110. The van der Waals surface area contributed by atoms with Gasteiger partial charge in [0.25, 0.3) is 0 Å². The zero-order chi connectivity index (χ0) is 19.1. The molecule has 27 heavy (non-hydrogen) atoms. The summed E-state index contributed by atoms with van der Waals surface area (Å²) in [6, 6.07) is 14.9. The molecule has 0 spiro atoms. The second kappa shape index (κ2) is 6.85. The predicted molar refractivity (Wildman–Crippen MR) is 101 cm³/mol. The standard InChI is InChI=1S/C19H16F2N2O2S2/c1-18(20,21)16-9-14(22-25-16)15-7-8-17(26-15)27-23-19(11-24)10-13(19)12-5-3-2-4-6-12/h2-9,11,13,23H,10H2,1H3/t13-,19-/m1/s1. The number of alkyl halides is 2. The first-order valence-electron chi connectivity index (χ1n) is 8.32. The molecular formula is C19H16F2N2O2S2. The number of aldehydes is 1. The molecule has 2 heterocycles. The Balaban J connectivity index is 1.43. The molecule has 4 rings (SSSR count). The maximum Gasteiger partial charge on any atom is 0.304 e. The fraction of sp³-hybridized carbons (Fsp3) is 0.263. The Morgan fingerprint density at radius 3 is 2.78 bits per heavy atom. The molecule has 0 unspecified atom stereocenters. The van der Waals surface area contributed by atoms with Gasteiger partial charge in [0.2, 0.25) is 5.76 Å². The van der Waals surface area contributed by atoms with Gasteiger partial charge in [0.15, 0.2) is 0 Å². The number of rotatable bonds is 7. The van der Waals surface area contributed by atoms with Crippen LogP contribution in [0.5, 0.6) is 0 Å². The third kappa shape index (κ3) is 3.69. The molecular weight excluding hydrogens is 390 g/mol. The Kier molecular flexibility index (Phi) is 4.65. The summed E-state index contributed by atoms with van der Waals surface area (Å²) in [6.45, 7) is 0.772. The second-order valence-electron chi connectivity index (χ2n) is 6.61. The highest BCUT2D eigenvalue weighted by atomic mass is 32.2. The minimum absolute atomic E-state index is 0.160. The van der Waals surface area contributed by atoms with Crippen molar-refractivity contribution in [3.8, 4) is 10.6 Å². The largest absolute Gasteiger partial charge is 0.354 e. The quantitative estimate of drug-likeness (QED) is 0.430. The molecule has 0 aliphatic heterocycles. The van der Waals surface area contributed by atoms with Crippen molar-refractivity contribution in [3.05, 3.63) is 59.9 Å². The van der Waals surface area contributed by atoms with Crippen molar-refractivity contribution >= 4 is 29.6 Å². The molecule has 0 amide bonds. The van der Waals surface area contributed by atoms with Crippen LogP contribution < -0.4 is 4.72 Å². The molecule has 1 aliphatic rings. The number of carbonyl (C=O) groups is 1. The van der Waals surface area contributed by atoms with E-state index in [1.54, 1.807) is 6.07 Å². The third-order valence-corrected chi connectivity index (χ3v) is 6.76. The van der Waals surface area contributed by atoms with Gasteiger partial charge in [0, 0.05) is 18.9 Å². The number of aromatic nitrogens is 1. The Hall–Kier alpha value is -2.03. The molecule has 3 aromatic rings. The molecule has 1 N–H and O–H groups in total. The van der Waals surface area contributed by atoms with Gasteiger partial charge >= 0.3 is 5.92 Å². The number of hydrogen-bond donors (Lipinski definition) is 1. The molecule has 8 heteroatoms. The van der Waals surface area contributed by atoms with E-state index in [1.165, 1.54) is 29.4 Å². The summed E-state index contributed by atoms with van der Waals surface area (Å²) in [7, 11) is 0. The maximum atomic E-state index is 13.3. The van der Waals surface area contributed by atoms with Crippen molar-refractivity contribution < 1.29 is 18.1 Å². The van der Waals surface area contributed by atoms with Crippen LogP contribution in [0, 0.1) is 0 Å². The van der Waals surface area contributed by atoms with E-state index in [0.717, 1.165) is 34.3 Å². The van der Waals surface area contributed by atoms with E-state index in [9.17, 15) is 13.6 Å². The van der Waals surface area contributed by atoms with Gasteiger partial charge in [-0.3, -0.25) is 0 Å². The first-order valence-corrected chi connectivity index (χ1v) is 9.95. The minimum Gasteiger partial charge on any atom is -0.354 e. The molecule has 4 nitrogen and oxygen atoms in total. The van der Waals surface area contributed by atoms with E-state index in [0.29, 0.717) is 5.69 Å². The highest BCUT2D eigenvalue weighted by molar-refractivity contribution is 7.99. The molecule has 0 saturated heterocycles. The Labute approximate surface area is 163 Å². The molecule has 2 aromatic heterocycles. The van der Waals surface area contributed by atoms with Crippen LogP contribution in [0.4, 0.5) is 8.78 Å². The monoisotopic (exact) mass is 406 g/mol. The summed E-state index contributed by atoms with van der Waals surface area (Å²) in [5.74, 6) is -3.36. The van der Waals surface area contributed by atoms with Crippen LogP contribution >= 0.6 is 23.3 Å². The van der Waals surface area contributed by atoms with Crippen LogP contribution in [-0.2, 0) is 10.7 Å². The van der Waals surface area contributed by atoms with Gasteiger partial charge < -0.3 is 9.32 Å². The van der Waals surface area contributed by atoms with Crippen LogP contribution in [0.15, 0.2) is 57.3 Å². The first-order chi connectivity index (χ1) is 12.9. The van der Waals surface area contributed by atoms with E-state index >= 15 is 0 Å². The highest BCUT2D eigenvalue weighted by Gasteiger charge is 2.55. The smallest absolute Gasteiger partial charge is 0.304 e. The number of nitrogens with one attached hydrogen (secondary N) is 1. The highest BCUT2D eigenvalue weighted by Crippen LogP contribution is 2.51. The van der Waals surface area contributed by atoms with Crippen molar-refractivity contribution in [2.45, 2.75) is 34.9 Å². The van der Waals surface area contributed by atoms with Crippen LogP contribution in [0.3, 0.4) is 0 Å². The summed E-state index contributed by atoms with van der Waals surface area (Å²) in [5, 5.41) is 3.72. The second-order valence-corrected chi connectivity index (χ2v) is 8.80. The van der Waals surface area contributed by atoms with Gasteiger partial charge in [-0.2, -0.15) is 8.78 Å². The average Bonchev–Trinajstić information content (AvgIpc) is 3.02. The molecule has 2 atom stereocenters. The van der Waals surface area contributed by atoms with E-state index in [2.05, 4.69) is 9.88 Å². The maximum absolute atomic E-state index is 13.3. The van der Waals surface area contributed by atoms with E-state index < -0.39 is 17.2 Å². The summed E-state index contributed by atoms with van der Waals surface area (Å²) in [5.41, 5.74) is 0.948. The number of hydrogen-bond acceptors (Lipinski definition) is 6. The number of carbonyl (C=O) groups excluding carboxylic acids is 1. The lowest BCUT2D eigenvalue weighted by atomic mass is 10.1. The van der Waals surface area contributed by atoms with Crippen molar-refractivity contribution in [3.63, 3.8) is 0 Å². The van der Waals surface area contributed by atoms with Crippen LogP contribution in [0.25, 0.3) is 10.6 Å². The van der Waals surface area contributed by atoms with Crippen molar-refractivity contribution in [1.29, 1.82) is 0 Å². The van der Waals surface area contributed by atoms with Crippen LogP contribution in [0.1, 0.15) is 30.6 Å². The van der Waals surface area contributed by atoms with Crippen molar-refractivity contribution in [2.75, 3.05) is 0 Å².